The average molecular weight is 466 g/mol. The zero-order valence-electron chi connectivity index (χ0n) is 17.5. The maximum Gasteiger partial charge on any atom is 0.417 e. The second kappa shape index (κ2) is 8.63. The number of alkyl halides is 3. The summed E-state index contributed by atoms with van der Waals surface area (Å²) in [6.07, 6.45) is -3.98. The van der Waals surface area contributed by atoms with Gasteiger partial charge in [0.15, 0.2) is 0 Å². The highest BCUT2D eigenvalue weighted by Gasteiger charge is 2.37. The number of amides is 2. The molecule has 32 heavy (non-hydrogen) atoms. The number of carbonyl (C=O) groups excluding carboxylic acids is 1. The van der Waals surface area contributed by atoms with Crippen LogP contribution in [0.5, 0.6) is 0 Å². The summed E-state index contributed by atoms with van der Waals surface area (Å²) in [4.78, 5) is 22.8. The van der Waals surface area contributed by atoms with Crippen LogP contribution in [0.15, 0.2) is 42.5 Å². The van der Waals surface area contributed by atoms with Crippen molar-refractivity contribution in [1.82, 2.24) is 20.2 Å². The van der Waals surface area contributed by atoms with Gasteiger partial charge >= 0.3 is 12.2 Å². The maximum atomic E-state index is 13.1. The Morgan fingerprint density at radius 2 is 2.00 bits per heavy atom. The Labute approximate surface area is 188 Å². The minimum absolute atomic E-state index is 0.0138. The molecule has 1 aliphatic rings. The number of nitrogens with one attached hydrogen (secondary N) is 3. The molecule has 3 aromatic rings. The van der Waals surface area contributed by atoms with Gasteiger partial charge in [-0.1, -0.05) is 23.7 Å². The van der Waals surface area contributed by atoms with Crippen LogP contribution in [0.3, 0.4) is 0 Å². The third-order valence-corrected chi connectivity index (χ3v) is 5.92. The molecule has 2 aromatic carbocycles. The Morgan fingerprint density at radius 1 is 1.25 bits per heavy atom. The summed E-state index contributed by atoms with van der Waals surface area (Å²) < 4.78 is 39.2. The molecule has 1 aromatic heterocycles. The first kappa shape index (κ1) is 22.4. The number of aromatic amines is 1. The van der Waals surface area contributed by atoms with E-state index in [1.807, 2.05) is 24.3 Å². The average Bonchev–Trinajstić information content (AvgIpc) is 3.32. The molecular weight excluding hydrogens is 443 g/mol. The van der Waals surface area contributed by atoms with Gasteiger partial charge in [-0.3, -0.25) is 4.90 Å². The summed E-state index contributed by atoms with van der Waals surface area (Å²) in [7, 11) is 0. The number of imidazole rings is 1. The van der Waals surface area contributed by atoms with E-state index in [4.69, 9.17) is 16.6 Å². The number of anilines is 1. The molecule has 1 saturated heterocycles. The van der Waals surface area contributed by atoms with Crippen LogP contribution in [-0.2, 0) is 6.18 Å². The van der Waals surface area contributed by atoms with Crippen molar-refractivity contribution in [3.63, 3.8) is 0 Å². The third kappa shape index (κ3) is 4.68. The number of hydrogen-bond acceptors (Lipinski definition) is 3. The largest absolute Gasteiger partial charge is 0.417 e. The van der Waals surface area contributed by atoms with E-state index in [1.165, 1.54) is 6.07 Å². The zero-order valence-corrected chi connectivity index (χ0v) is 18.3. The van der Waals surface area contributed by atoms with E-state index in [-0.39, 0.29) is 23.8 Å². The lowest BCUT2D eigenvalue weighted by Gasteiger charge is -2.26. The normalized spacial score (nSPS) is 19.6. The van der Waals surface area contributed by atoms with E-state index in [0.29, 0.717) is 13.0 Å². The van der Waals surface area contributed by atoms with Crippen molar-refractivity contribution in [2.24, 2.45) is 0 Å². The summed E-state index contributed by atoms with van der Waals surface area (Å²) in [5, 5.41) is 4.93. The number of halogens is 4. The Bertz CT molecular complexity index is 1100. The molecule has 170 valence electrons. The quantitative estimate of drug-likeness (QED) is 0.471. The number of fused-ring (bicyclic) bond motifs is 1. The lowest BCUT2D eigenvalue weighted by molar-refractivity contribution is -0.137. The molecule has 3 N–H and O–H groups in total. The predicted octanol–water partition coefficient (Wildman–Crippen LogP) is 5.58. The Hall–Kier alpha value is -2.78. The lowest BCUT2D eigenvalue weighted by Crippen LogP contribution is -2.40. The van der Waals surface area contributed by atoms with Gasteiger partial charge in [-0.25, -0.2) is 9.78 Å². The smallest absolute Gasteiger partial charge is 0.341 e. The van der Waals surface area contributed by atoms with Crippen molar-refractivity contribution in [1.29, 1.82) is 0 Å². The first-order valence-electron chi connectivity index (χ1n) is 10.3. The summed E-state index contributed by atoms with van der Waals surface area (Å²) in [5.41, 5.74) is 0.854. The van der Waals surface area contributed by atoms with Crippen molar-refractivity contribution in [2.75, 3.05) is 11.9 Å². The van der Waals surface area contributed by atoms with Gasteiger partial charge in [0.1, 0.15) is 5.82 Å². The second-order valence-corrected chi connectivity index (χ2v) is 8.58. The van der Waals surface area contributed by atoms with Crippen LogP contribution >= 0.6 is 11.6 Å². The molecule has 10 heteroatoms. The fraction of sp³-hybridized carbons (Fsp3) is 0.364. The molecule has 0 bridgehead atoms. The molecule has 1 aliphatic heterocycles. The number of rotatable bonds is 4. The standard InChI is InChI=1S/C22H23ClF3N5O/c1-12(2)31-11-14(10-19(31)20-29-17-5-3-4-6-18(17)30-20)28-21(32)27-13-7-8-16(23)15(9-13)22(24,25)26/h3-9,12,14,19H,10-11H2,1-2H3,(H,29,30)(H2,27,28,32)/t14-,19-/m0/s1. The van der Waals surface area contributed by atoms with Crippen LogP contribution in [-0.4, -0.2) is 39.5 Å². The summed E-state index contributed by atoms with van der Waals surface area (Å²) in [6.45, 7) is 4.75. The fourth-order valence-electron chi connectivity index (χ4n) is 4.11. The molecule has 0 radical (unpaired) electrons. The number of nitrogens with zero attached hydrogens (tertiary/aromatic N) is 2. The molecule has 0 saturated carbocycles. The molecule has 0 unspecified atom stereocenters. The van der Waals surface area contributed by atoms with Gasteiger partial charge < -0.3 is 15.6 Å². The SMILES string of the molecule is CC(C)N1C[C@@H](NC(=O)Nc2ccc(Cl)c(C(F)(F)F)c2)C[C@H]1c1nc2ccccc2[nH]1. The number of H-pyrrole nitrogens is 1. The van der Waals surface area contributed by atoms with E-state index in [0.717, 1.165) is 29.0 Å². The monoisotopic (exact) mass is 465 g/mol. The highest BCUT2D eigenvalue weighted by Crippen LogP contribution is 2.36. The van der Waals surface area contributed by atoms with Gasteiger partial charge in [-0.15, -0.1) is 0 Å². The van der Waals surface area contributed by atoms with Gasteiger partial charge in [0, 0.05) is 24.3 Å². The van der Waals surface area contributed by atoms with Crippen LogP contribution in [0.25, 0.3) is 11.0 Å². The topological polar surface area (TPSA) is 73.1 Å². The molecule has 2 heterocycles. The Kier molecular flexibility index (Phi) is 6.05. The van der Waals surface area contributed by atoms with Crippen LogP contribution < -0.4 is 10.6 Å². The van der Waals surface area contributed by atoms with Crippen LogP contribution in [0.1, 0.15) is 37.7 Å². The molecule has 6 nitrogen and oxygen atoms in total. The first-order chi connectivity index (χ1) is 15.1. The van der Waals surface area contributed by atoms with E-state index < -0.39 is 22.8 Å². The van der Waals surface area contributed by atoms with Crippen molar-refractivity contribution >= 4 is 34.4 Å². The summed E-state index contributed by atoms with van der Waals surface area (Å²) in [6, 6.07) is 10.5. The Balaban J connectivity index is 1.46. The molecule has 2 atom stereocenters. The van der Waals surface area contributed by atoms with Gasteiger partial charge in [0.05, 0.1) is 27.7 Å². The van der Waals surface area contributed by atoms with Crippen LogP contribution in [0.2, 0.25) is 5.02 Å². The van der Waals surface area contributed by atoms with Gasteiger partial charge in [0.25, 0.3) is 0 Å². The van der Waals surface area contributed by atoms with Gasteiger partial charge in [0.2, 0.25) is 0 Å². The summed E-state index contributed by atoms with van der Waals surface area (Å²) >= 11 is 5.64. The van der Waals surface area contributed by atoms with Crippen molar-refractivity contribution in [3.8, 4) is 0 Å². The molecule has 0 spiro atoms. The third-order valence-electron chi connectivity index (χ3n) is 5.59. The molecule has 4 rings (SSSR count). The number of benzene rings is 2. The number of aromatic nitrogens is 2. The van der Waals surface area contributed by atoms with Crippen molar-refractivity contribution < 1.29 is 18.0 Å². The number of likely N-dealkylation sites (tertiary alicyclic amines) is 1. The lowest BCUT2D eigenvalue weighted by atomic mass is 10.1. The van der Waals surface area contributed by atoms with E-state index in [1.54, 1.807) is 0 Å². The molecule has 2 amide bonds. The highest BCUT2D eigenvalue weighted by atomic mass is 35.5. The number of carbonyl (C=O) groups is 1. The van der Waals surface area contributed by atoms with E-state index in [2.05, 4.69) is 34.4 Å². The maximum absolute atomic E-state index is 13.1. The predicted molar refractivity (Wildman–Crippen MR) is 118 cm³/mol. The molecular formula is C22H23ClF3N5O. The Morgan fingerprint density at radius 3 is 2.69 bits per heavy atom. The molecule has 0 aliphatic carbocycles. The number of para-hydroxylation sites is 2. The van der Waals surface area contributed by atoms with Crippen LogP contribution in [0, 0.1) is 0 Å². The van der Waals surface area contributed by atoms with Crippen molar-refractivity contribution in [3.05, 3.63) is 58.9 Å². The highest BCUT2D eigenvalue weighted by molar-refractivity contribution is 6.31. The minimum atomic E-state index is -4.60. The van der Waals surface area contributed by atoms with E-state index in [9.17, 15) is 18.0 Å². The molecule has 1 fully saturated rings. The fourth-order valence-corrected chi connectivity index (χ4v) is 4.33. The minimum Gasteiger partial charge on any atom is -0.341 e. The summed E-state index contributed by atoms with van der Waals surface area (Å²) in [5.74, 6) is 0.831. The van der Waals surface area contributed by atoms with Crippen molar-refractivity contribution in [2.45, 2.75) is 44.6 Å². The number of hydrogen-bond donors (Lipinski definition) is 3. The van der Waals surface area contributed by atoms with Crippen LogP contribution in [0.4, 0.5) is 23.7 Å². The van der Waals surface area contributed by atoms with E-state index >= 15 is 0 Å². The van der Waals surface area contributed by atoms with Gasteiger partial charge in [-0.2, -0.15) is 13.2 Å². The van der Waals surface area contributed by atoms with Gasteiger partial charge in [-0.05, 0) is 50.6 Å². The second-order valence-electron chi connectivity index (χ2n) is 8.17. The zero-order chi connectivity index (χ0) is 23.0. The first-order valence-corrected chi connectivity index (χ1v) is 10.6. The number of urea groups is 1.